The normalized spacial score (nSPS) is 10.3. The van der Waals surface area contributed by atoms with E-state index in [2.05, 4.69) is 20.6 Å². The van der Waals surface area contributed by atoms with E-state index in [0.717, 1.165) is 16.8 Å². The first-order valence-electron chi connectivity index (χ1n) is 9.24. The number of aryl methyl sites for hydroxylation is 1. The number of carbonyl (C=O) groups excluding carboxylic acids is 1. The van der Waals surface area contributed by atoms with Gasteiger partial charge in [0.15, 0.2) is 11.5 Å². The van der Waals surface area contributed by atoms with Crippen molar-refractivity contribution in [3.63, 3.8) is 0 Å². The van der Waals surface area contributed by atoms with Crippen LogP contribution < -0.4 is 20.1 Å². The third-order valence-corrected chi connectivity index (χ3v) is 4.34. The largest absolute Gasteiger partial charge is 0.493 e. The SMILES string of the molecule is COc1ccc(CCNC(=O)c2cc(Nc3cccc(C)c3)ncn2)cc1OC. The van der Waals surface area contributed by atoms with Gasteiger partial charge in [-0.3, -0.25) is 4.79 Å². The zero-order valence-electron chi connectivity index (χ0n) is 16.7. The van der Waals surface area contributed by atoms with Gasteiger partial charge in [0.2, 0.25) is 0 Å². The molecule has 1 aromatic heterocycles. The highest BCUT2D eigenvalue weighted by Gasteiger charge is 2.10. The van der Waals surface area contributed by atoms with Crippen LogP contribution in [0.3, 0.4) is 0 Å². The van der Waals surface area contributed by atoms with E-state index in [1.54, 1.807) is 20.3 Å². The van der Waals surface area contributed by atoms with Crippen molar-refractivity contribution in [3.8, 4) is 11.5 Å². The van der Waals surface area contributed by atoms with E-state index < -0.39 is 0 Å². The van der Waals surface area contributed by atoms with Crippen LogP contribution in [0.2, 0.25) is 0 Å². The Balaban J connectivity index is 1.58. The topological polar surface area (TPSA) is 85.4 Å². The molecule has 0 saturated carbocycles. The monoisotopic (exact) mass is 392 g/mol. The molecule has 0 radical (unpaired) electrons. The van der Waals surface area contributed by atoms with Crippen LogP contribution in [0.1, 0.15) is 21.6 Å². The van der Waals surface area contributed by atoms with Crippen molar-refractivity contribution in [2.75, 3.05) is 26.1 Å². The summed E-state index contributed by atoms with van der Waals surface area (Å²) in [4.78, 5) is 20.7. The van der Waals surface area contributed by atoms with Gasteiger partial charge in [-0.15, -0.1) is 0 Å². The molecule has 0 aliphatic carbocycles. The van der Waals surface area contributed by atoms with E-state index in [0.29, 0.717) is 36.0 Å². The molecule has 29 heavy (non-hydrogen) atoms. The van der Waals surface area contributed by atoms with Crippen LogP contribution in [0, 0.1) is 6.92 Å². The van der Waals surface area contributed by atoms with Crippen LogP contribution >= 0.6 is 0 Å². The molecule has 2 aromatic carbocycles. The number of nitrogens with one attached hydrogen (secondary N) is 2. The summed E-state index contributed by atoms with van der Waals surface area (Å²) in [6.45, 7) is 2.49. The number of aromatic nitrogens is 2. The van der Waals surface area contributed by atoms with E-state index in [4.69, 9.17) is 9.47 Å². The second kappa shape index (κ2) is 9.54. The lowest BCUT2D eigenvalue weighted by Gasteiger charge is -2.10. The molecule has 7 heteroatoms. The molecular weight excluding hydrogens is 368 g/mol. The molecule has 0 fully saturated rings. The van der Waals surface area contributed by atoms with E-state index in [1.165, 1.54) is 6.33 Å². The van der Waals surface area contributed by atoms with E-state index >= 15 is 0 Å². The molecule has 0 aliphatic heterocycles. The van der Waals surface area contributed by atoms with Crippen LogP contribution in [0.5, 0.6) is 11.5 Å². The lowest BCUT2D eigenvalue weighted by Crippen LogP contribution is -2.26. The average Bonchev–Trinajstić information content (AvgIpc) is 2.73. The lowest BCUT2D eigenvalue weighted by atomic mass is 10.1. The summed E-state index contributed by atoms with van der Waals surface area (Å²) in [7, 11) is 3.20. The van der Waals surface area contributed by atoms with Crippen LogP contribution in [-0.4, -0.2) is 36.6 Å². The number of amides is 1. The molecule has 1 heterocycles. The highest BCUT2D eigenvalue weighted by molar-refractivity contribution is 5.92. The number of rotatable bonds is 8. The van der Waals surface area contributed by atoms with Gasteiger partial charge >= 0.3 is 0 Å². The molecule has 0 spiro atoms. The third-order valence-electron chi connectivity index (χ3n) is 4.34. The molecule has 0 unspecified atom stereocenters. The van der Waals surface area contributed by atoms with Crippen LogP contribution in [0.4, 0.5) is 11.5 Å². The maximum Gasteiger partial charge on any atom is 0.270 e. The Kier molecular flexibility index (Phi) is 6.63. The standard InChI is InChI=1S/C22H24N4O3/c1-15-5-4-6-17(11-15)26-21-13-18(24-14-25-21)22(27)23-10-9-16-7-8-19(28-2)20(12-16)29-3/h4-8,11-14H,9-10H2,1-3H3,(H,23,27)(H,24,25,26). The number of methoxy groups -OCH3 is 2. The number of hydrogen-bond donors (Lipinski definition) is 2. The Labute approximate surface area is 170 Å². The highest BCUT2D eigenvalue weighted by atomic mass is 16.5. The summed E-state index contributed by atoms with van der Waals surface area (Å²) >= 11 is 0. The first-order valence-corrected chi connectivity index (χ1v) is 9.24. The molecule has 3 rings (SSSR count). The van der Waals surface area contributed by atoms with E-state index in [9.17, 15) is 4.79 Å². The quantitative estimate of drug-likeness (QED) is 0.610. The van der Waals surface area contributed by atoms with Crippen molar-refractivity contribution in [2.24, 2.45) is 0 Å². The zero-order valence-corrected chi connectivity index (χ0v) is 16.7. The maximum atomic E-state index is 12.4. The van der Waals surface area contributed by atoms with Gasteiger partial charge in [0.05, 0.1) is 14.2 Å². The molecular formula is C22H24N4O3. The molecule has 3 aromatic rings. The Hall–Kier alpha value is -3.61. The molecule has 0 atom stereocenters. The Bertz CT molecular complexity index is 991. The number of ether oxygens (including phenoxy) is 2. The first-order chi connectivity index (χ1) is 14.1. The second-order valence-corrected chi connectivity index (χ2v) is 6.48. The summed E-state index contributed by atoms with van der Waals surface area (Å²) in [5, 5.41) is 6.07. The number of anilines is 2. The molecule has 7 nitrogen and oxygen atoms in total. The Morgan fingerprint density at radius 3 is 2.59 bits per heavy atom. The number of nitrogens with zero attached hydrogens (tertiary/aromatic N) is 2. The van der Waals surface area contributed by atoms with Gasteiger partial charge in [-0.1, -0.05) is 18.2 Å². The molecule has 150 valence electrons. The van der Waals surface area contributed by atoms with Crippen molar-refractivity contribution in [1.82, 2.24) is 15.3 Å². The Morgan fingerprint density at radius 1 is 1.00 bits per heavy atom. The number of hydrogen-bond acceptors (Lipinski definition) is 6. The first kappa shape index (κ1) is 20.1. The van der Waals surface area contributed by atoms with Crippen molar-refractivity contribution < 1.29 is 14.3 Å². The minimum absolute atomic E-state index is 0.250. The fraction of sp³-hybridized carbons (Fsp3) is 0.227. The summed E-state index contributed by atoms with van der Waals surface area (Å²) < 4.78 is 10.5. The Morgan fingerprint density at radius 2 is 1.83 bits per heavy atom. The predicted molar refractivity (Wildman–Crippen MR) is 112 cm³/mol. The third kappa shape index (κ3) is 5.44. The highest BCUT2D eigenvalue weighted by Crippen LogP contribution is 2.27. The van der Waals surface area contributed by atoms with Crippen molar-refractivity contribution in [1.29, 1.82) is 0 Å². The number of benzene rings is 2. The summed E-state index contributed by atoms with van der Waals surface area (Å²) in [6.07, 6.45) is 2.03. The van der Waals surface area contributed by atoms with E-state index in [-0.39, 0.29) is 5.91 Å². The fourth-order valence-electron chi connectivity index (χ4n) is 2.87. The van der Waals surface area contributed by atoms with Crippen LogP contribution in [-0.2, 0) is 6.42 Å². The van der Waals surface area contributed by atoms with Crippen molar-refractivity contribution in [3.05, 3.63) is 71.7 Å². The van der Waals surface area contributed by atoms with Gasteiger partial charge < -0.3 is 20.1 Å². The van der Waals surface area contributed by atoms with Gasteiger partial charge in [0.25, 0.3) is 5.91 Å². The zero-order chi connectivity index (χ0) is 20.6. The molecule has 0 saturated heterocycles. The van der Waals surface area contributed by atoms with Gasteiger partial charge in [-0.2, -0.15) is 0 Å². The molecule has 2 N–H and O–H groups in total. The van der Waals surface area contributed by atoms with Crippen LogP contribution in [0.15, 0.2) is 54.9 Å². The van der Waals surface area contributed by atoms with Gasteiger partial charge in [-0.05, 0) is 48.7 Å². The lowest BCUT2D eigenvalue weighted by molar-refractivity contribution is 0.0949. The minimum Gasteiger partial charge on any atom is -0.493 e. The molecule has 0 bridgehead atoms. The van der Waals surface area contributed by atoms with Gasteiger partial charge in [0.1, 0.15) is 17.8 Å². The molecule has 1 amide bonds. The van der Waals surface area contributed by atoms with Crippen molar-refractivity contribution in [2.45, 2.75) is 13.3 Å². The second-order valence-electron chi connectivity index (χ2n) is 6.48. The smallest absolute Gasteiger partial charge is 0.270 e. The molecule has 0 aliphatic rings. The van der Waals surface area contributed by atoms with Gasteiger partial charge in [-0.25, -0.2) is 9.97 Å². The maximum absolute atomic E-state index is 12.4. The summed E-state index contributed by atoms with van der Waals surface area (Å²) in [6, 6.07) is 15.3. The van der Waals surface area contributed by atoms with Crippen molar-refractivity contribution >= 4 is 17.4 Å². The van der Waals surface area contributed by atoms with Crippen LogP contribution in [0.25, 0.3) is 0 Å². The van der Waals surface area contributed by atoms with E-state index in [1.807, 2.05) is 49.4 Å². The predicted octanol–water partition coefficient (Wildman–Crippen LogP) is 3.52. The summed E-state index contributed by atoms with van der Waals surface area (Å²) in [5.41, 5.74) is 3.38. The number of carbonyl (C=O) groups is 1. The average molecular weight is 392 g/mol. The van der Waals surface area contributed by atoms with Gasteiger partial charge in [0, 0.05) is 18.3 Å². The fourth-order valence-corrected chi connectivity index (χ4v) is 2.87. The summed E-state index contributed by atoms with van der Waals surface area (Å²) in [5.74, 6) is 1.66. The minimum atomic E-state index is -0.250.